The molecule has 0 atom stereocenters. The number of piperidine rings is 2. The van der Waals surface area contributed by atoms with E-state index in [9.17, 15) is 19.2 Å². The van der Waals surface area contributed by atoms with Crippen molar-refractivity contribution >= 4 is 70.5 Å². The number of carbonyl (C=O) groups excluding carboxylic acids is 4. The molecule has 0 aliphatic carbocycles. The molecule has 2 amide bonds. The molecule has 4 aromatic carbocycles. The van der Waals surface area contributed by atoms with Crippen LogP contribution in [0.5, 0.6) is 5.75 Å². The van der Waals surface area contributed by atoms with Crippen LogP contribution in [0.1, 0.15) is 81.0 Å². The third kappa shape index (κ3) is 11.3. The first-order valence-corrected chi connectivity index (χ1v) is 22.9. The molecule has 0 spiro atoms. The summed E-state index contributed by atoms with van der Waals surface area (Å²) in [7, 11) is 1.49. The molecule has 0 saturated carbocycles. The molecule has 6 aromatic rings. The number of halogens is 4. The number of benzene rings is 4. The highest BCUT2D eigenvalue weighted by Crippen LogP contribution is 2.35. The molecule has 2 aliphatic rings. The Morgan fingerprint density at radius 3 is 1.44 bits per heavy atom. The summed E-state index contributed by atoms with van der Waals surface area (Å²) in [5.74, 6) is -0.228. The summed E-state index contributed by atoms with van der Waals surface area (Å²) in [5, 5.41) is 15.0. The van der Waals surface area contributed by atoms with E-state index >= 15 is 0 Å². The van der Waals surface area contributed by atoms with Gasteiger partial charge in [0.05, 0.1) is 32.8 Å². The zero-order chi connectivity index (χ0) is 46.9. The van der Waals surface area contributed by atoms with Crippen molar-refractivity contribution < 1.29 is 28.7 Å². The van der Waals surface area contributed by atoms with Gasteiger partial charge in [0.25, 0.3) is 18.3 Å². The van der Waals surface area contributed by atoms with Crippen LogP contribution in [0.4, 0.5) is 0 Å². The van der Waals surface area contributed by atoms with Crippen molar-refractivity contribution in [3.63, 3.8) is 0 Å². The number of aromatic nitrogens is 4. The lowest BCUT2D eigenvalue weighted by molar-refractivity contribution is -0.120. The standard InChI is InChI=1S/C25H26Cl2N4O3.C23H22Cl2N4O3/c1-16-23(25(33)29-30-12-4-3-5-13-30)28-31(21-11-10-19(26)14-20(21)27)24(16)18-8-6-17(7-9-18)22(32)15-34-2;1-15-21(23(31)27-28-11-3-2-4-12-28)26-29(20-10-7-17(24)13-19(20)25)22(15)16-5-8-18(9-6-16)32-14-30/h6-11,14H,3-5,12-13,15H2,1-2H3,(H,29,33);5-10,13-14H,2-4,11-12H2,1H3,(H,27,31). The normalized spacial score (nSPS) is 14.2. The molecule has 0 bridgehead atoms. The summed E-state index contributed by atoms with van der Waals surface area (Å²) in [4.78, 5) is 49.1. The van der Waals surface area contributed by atoms with Crippen molar-refractivity contribution in [2.75, 3.05) is 39.9 Å². The van der Waals surface area contributed by atoms with Crippen LogP contribution < -0.4 is 15.6 Å². The van der Waals surface area contributed by atoms with Gasteiger partial charge in [0.1, 0.15) is 12.4 Å². The number of ketones is 1. The number of nitrogens with zero attached hydrogens (tertiary/aromatic N) is 6. The summed E-state index contributed by atoms with van der Waals surface area (Å²) in [6, 6.07) is 24.3. The minimum Gasteiger partial charge on any atom is -0.429 e. The van der Waals surface area contributed by atoms with Gasteiger partial charge < -0.3 is 9.47 Å². The maximum absolute atomic E-state index is 13.2. The number of hydrogen-bond donors (Lipinski definition) is 2. The van der Waals surface area contributed by atoms with E-state index in [1.807, 2.05) is 36.0 Å². The minimum atomic E-state index is -0.268. The van der Waals surface area contributed by atoms with Gasteiger partial charge in [0.15, 0.2) is 17.2 Å². The van der Waals surface area contributed by atoms with Gasteiger partial charge in [-0.3, -0.25) is 30.0 Å². The summed E-state index contributed by atoms with van der Waals surface area (Å²) in [6.07, 6.45) is 6.54. The van der Waals surface area contributed by atoms with E-state index in [2.05, 4.69) is 21.0 Å². The fourth-order valence-corrected chi connectivity index (χ4v) is 8.91. The zero-order valence-corrected chi connectivity index (χ0v) is 39.6. The summed E-state index contributed by atoms with van der Waals surface area (Å²) in [6.45, 7) is 7.37. The van der Waals surface area contributed by atoms with Crippen LogP contribution in [0.2, 0.25) is 20.1 Å². The fraction of sp³-hybridized carbons (Fsp3) is 0.292. The van der Waals surface area contributed by atoms with Crippen LogP contribution in [-0.2, 0) is 9.53 Å². The van der Waals surface area contributed by atoms with E-state index in [-0.39, 0.29) is 24.2 Å². The van der Waals surface area contributed by atoms with E-state index in [0.29, 0.717) is 83.2 Å². The molecule has 2 N–H and O–H groups in total. The molecule has 8 rings (SSSR count). The van der Waals surface area contributed by atoms with E-state index in [1.54, 1.807) is 82.2 Å². The fourth-order valence-electron chi connectivity index (χ4n) is 7.94. The Morgan fingerprint density at radius 2 is 1.05 bits per heavy atom. The van der Waals surface area contributed by atoms with Gasteiger partial charge in [-0.05, 0) is 100 Å². The predicted octanol–water partition coefficient (Wildman–Crippen LogP) is 9.93. The van der Waals surface area contributed by atoms with Crippen LogP contribution in [0.3, 0.4) is 0 Å². The molecule has 2 saturated heterocycles. The Morgan fingerprint density at radius 1 is 0.621 bits per heavy atom. The Kier molecular flexibility index (Phi) is 16.3. The van der Waals surface area contributed by atoms with Gasteiger partial charge in [-0.15, -0.1) is 0 Å². The number of rotatable bonds is 13. The third-order valence-electron chi connectivity index (χ3n) is 11.2. The van der Waals surface area contributed by atoms with Gasteiger partial charge in [-0.25, -0.2) is 19.4 Å². The largest absolute Gasteiger partial charge is 0.429 e. The van der Waals surface area contributed by atoms with Crippen molar-refractivity contribution in [2.45, 2.75) is 52.4 Å². The molecular weight excluding hydrogens is 926 g/mol. The highest BCUT2D eigenvalue weighted by molar-refractivity contribution is 6.36. The quantitative estimate of drug-likeness (QED) is 0.0845. The molecular formula is C48H48Cl4N8O6. The van der Waals surface area contributed by atoms with Gasteiger partial charge in [0, 0.05) is 71.2 Å². The number of Topliss-reactive ketones (excluding diaryl/α,β-unsaturated/α-hetero) is 1. The third-order valence-corrected chi connectivity index (χ3v) is 12.3. The van der Waals surface area contributed by atoms with Gasteiger partial charge in [0.2, 0.25) is 0 Å². The highest BCUT2D eigenvalue weighted by atomic mass is 35.5. The molecule has 0 unspecified atom stereocenters. The number of methoxy groups -OCH3 is 1. The number of amides is 2. The Labute approximate surface area is 402 Å². The second-order valence-corrected chi connectivity index (χ2v) is 17.5. The van der Waals surface area contributed by atoms with Crippen molar-refractivity contribution in [3.05, 3.63) is 133 Å². The molecule has 18 heteroatoms. The van der Waals surface area contributed by atoms with Crippen molar-refractivity contribution in [1.29, 1.82) is 0 Å². The molecule has 0 radical (unpaired) electrons. The van der Waals surface area contributed by atoms with Crippen molar-refractivity contribution in [1.82, 2.24) is 40.4 Å². The average Bonchev–Trinajstić information content (AvgIpc) is 3.84. The lowest BCUT2D eigenvalue weighted by atomic mass is 10.0. The Bertz CT molecular complexity index is 2710. The highest BCUT2D eigenvalue weighted by Gasteiger charge is 2.27. The SMILES string of the molecule is COCC(=O)c1ccc(-c2c(C)c(C(=O)NN3CCCCC3)nn2-c2ccc(Cl)cc2Cl)cc1.Cc1c(C(=O)NN2CCCCC2)nn(-c2ccc(Cl)cc2Cl)c1-c1ccc(OC=O)cc1. The average molecular weight is 975 g/mol. The van der Waals surface area contributed by atoms with Crippen molar-refractivity contribution in [2.24, 2.45) is 0 Å². The maximum Gasteiger partial charge on any atom is 0.298 e. The lowest BCUT2D eigenvalue weighted by Crippen LogP contribution is -2.45. The van der Waals surface area contributed by atoms with E-state index in [0.717, 1.165) is 63.0 Å². The van der Waals surface area contributed by atoms with Gasteiger partial charge in [-0.2, -0.15) is 10.2 Å². The van der Waals surface area contributed by atoms with Crippen LogP contribution in [0.25, 0.3) is 33.9 Å². The molecule has 4 heterocycles. The predicted molar refractivity (Wildman–Crippen MR) is 256 cm³/mol. The summed E-state index contributed by atoms with van der Waals surface area (Å²) < 4.78 is 13.1. The smallest absolute Gasteiger partial charge is 0.298 e. The number of ether oxygens (including phenoxy) is 2. The number of nitrogens with one attached hydrogen (secondary N) is 2. The topological polar surface area (TPSA) is 153 Å². The molecule has 2 aliphatic heterocycles. The maximum atomic E-state index is 13.2. The molecule has 344 valence electrons. The second kappa shape index (κ2) is 22.3. The number of carbonyl (C=O) groups is 4. The van der Waals surface area contributed by atoms with Crippen LogP contribution >= 0.6 is 46.4 Å². The van der Waals surface area contributed by atoms with E-state index < -0.39 is 0 Å². The van der Waals surface area contributed by atoms with Crippen LogP contribution in [0, 0.1) is 13.8 Å². The number of hydrogen-bond acceptors (Lipinski definition) is 10. The van der Waals surface area contributed by atoms with Crippen LogP contribution in [0.15, 0.2) is 84.9 Å². The molecule has 66 heavy (non-hydrogen) atoms. The first kappa shape index (κ1) is 48.4. The first-order valence-electron chi connectivity index (χ1n) is 21.4. The Hall–Kier alpha value is -5.58. The second-order valence-electron chi connectivity index (χ2n) is 15.8. The Balaban J connectivity index is 0.000000197. The van der Waals surface area contributed by atoms with Crippen molar-refractivity contribution in [3.8, 4) is 39.6 Å². The summed E-state index contributed by atoms with van der Waals surface area (Å²) >= 11 is 25.2. The molecule has 2 aromatic heterocycles. The van der Waals surface area contributed by atoms with Gasteiger partial charge in [-0.1, -0.05) is 83.5 Å². The van der Waals surface area contributed by atoms with E-state index in [1.165, 1.54) is 20.0 Å². The number of hydrazine groups is 2. The van der Waals surface area contributed by atoms with Gasteiger partial charge >= 0.3 is 0 Å². The lowest BCUT2D eigenvalue weighted by Gasteiger charge is -2.26. The monoisotopic (exact) mass is 972 g/mol. The minimum absolute atomic E-state index is 0.0114. The zero-order valence-electron chi connectivity index (χ0n) is 36.6. The summed E-state index contributed by atoms with van der Waals surface area (Å²) in [5.41, 5.74) is 12.7. The first-order chi connectivity index (χ1) is 31.9. The van der Waals surface area contributed by atoms with E-state index in [4.69, 9.17) is 55.9 Å². The van der Waals surface area contributed by atoms with Crippen LogP contribution in [-0.4, -0.2) is 93.5 Å². The molecule has 14 nitrogen and oxygen atoms in total. The molecule has 2 fully saturated rings.